The van der Waals surface area contributed by atoms with Crippen LogP contribution in [0.1, 0.15) is 47.4 Å². The standard InChI is InChI=1S/C21H28N2OS2.ClH/c1-16-5-6-18(26-16)3-2-4-20(24)23(14-17-7-12-25-15-17)19-13-21(19)8-10-22-11-9-21;/h5-7,12,15,19,22H,2-4,8-11,13-14H2,1H3;1H. The summed E-state index contributed by atoms with van der Waals surface area (Å²) in [6.07, 6.45) is 6.30. The van der Waals surface area contributed by atoms with Crippen molar-refractivity contribution in [1.29, 1.82) is 0 Å². The molecule has 1 atom stereocenters. The van der Waals surface area contributed by atoms with Gasteiger partial charge in [-0.2, -0.15) is 11.3 Å². The smallest absolute Gasteiger partial charge is 0.223 e. The summed E-state index contributed by atoms with van der Waals surface area (Å²) in [7, 11) is 0. The normalized spacial score (nSPS) is 20.3. The summed E-state index contributed by atoms with van der Waals surface area (Å²) in [6, 6.07) is 7.01. The van der Waals surface area contributed by atoms with Crippen LogP contribution in [0.5, 0.6) is 0 Å². The Labute approximate surface area is 176 Å². The van der Waals surface area contributed by atoms with E-state index in [9.17, 15) is 4.79 Å². The first-order valence-corrected chi connectivity index (χ1v) is 11.5. The second kappa shape index (κ2) is 9.08. The third-order valence-electron chi connectivity index (χ3n) is 5.99. The van der Waals surface area contributed by atoms with Gasteiger partial charge < -0.3 is 10.2 Å². The van der Waals surface area contributed by atoms with E-state index < -0.39 is 0 Å². The summed E-state index contributed by atoms with van der Waals surface area (Å²) in [4.78, 5) is 18.1. The second-order valence-electron chi connectivity index (χ2n) is 7.85. The molecule has 1 N–H and O–H groups in total. The van der Waals surface area contributed by atoms with Crippen LogP contribution >= 0.6 is 35.1 Å². The summed E-state index contributed by atoms with van der Waals surface area (Å²) in [5.74, 6) is 0.352. The average Bonchev–Trinajstić information content (AvgIpc) is 3.01. The van der Waals surface area contributed by atoms with Gasteiger partial charge in [-0.15, -0.1) is 23.7 Å². The SMILES string of the molecule is Cc1ccc(CCCC(=O)N(Cc2ccsc2)C2CC23CCNCC3)s1.Cl. The zero-order chi connectivity index (χ0) is 18.0. The predicted octanol–water partition coefficient (Wildman–Crippen LogP) is 5.03. The van der Waals surface area contributed by atoms with E-state index in [0.29, 0.717) is 23.8 Å². The van der Waals surface area contributed by atoms with Crippen molar-refractivity contribution < 1.29 is 4.79 Å². The highest BCUT2D eigenvalue weighted by Gasteiger charge is 2.57. The van der Waals surface area contributed by atoms with Crippen molar-refractivity contribution in [3.8, 4) is 0 Å². The van der Waals surface area contributed by atoms with Crippen molar-refractivity contribution in [3.05, 3.63) is 44.3 Å². The number of nitrogens with zero attached hydrogens (tertiary/aromatic N) is 1. The number of piperidine rings is 1. The van der Waals surface area contributed by atoms with E-state index in [2.05, 4.69) is 46.1 Å². The first kappa shape index (κ1) is 20.8. The summed E-state index contributed by atoms with van der Waals surface area (Å²) in [5.41, 5.74) is 1.69. The van der Waals surface area contributed by atoms with Gasteiger partial charge in [-0.05, 0) is 92.1 Å². The molecule has 0 radical (unpaired) electrons. The van der Waals surface area contributed by atoms with Crippen molar-refractivity contribution in [2.75, 3.05) is 13.1 Å². The Morgan fingerprint density at radius 2 is 2.11 bits per heavy atom. The molecule has 0 aromatic carbocycles. The molecule has 1 saturated carbocycles. The lowest BCUT2D eigenvalue weighted by Gasteiger charge is -2.29. The van der Waals surface area contributed by atoms with Crippen LogP contribution in [0.4, 0.5) is 0 Å². The molecule has 4 rings (SSSR count). The molecule has 3 nitrogen and oxygen atoms in total. The van der Waals surface area contributed by atoms with Crippen LogP contribution < -0.4 is 5.32 Å². The molecule has 1 aliphatic heterocycles. The molecule has 1 spiro atoms. The van der Waals surface area contributed by atoms with Gasteiger partial charge in [0.2, 0.25) is 5.91 Å². The van der Waals surface area contributed by atoms with Gasteiger partial charge in [-0.3, -0.25) is 4.79 Å². The minimum atomic E-state index is 0. The molecule has 2 fully saturated rings. The van der Waals surface area contributed by atoms with E-state index in [4.69, 9.17) is 0 Å². The van der Waals surface area contributed by atoms with Crippen LogP contribution in [0, 0.1) is 12.3 Å². The zero-order valence-corrected chi connectivity index (χ0v) is 18.4. The van der Waals surface area contributed by atoms with Crippen molar-refractivity contribution >= 4 is 41.0 Å². The van der Waals surface area contributed by atoms with Gasteiger partial charge in [-0.25, -0.2) is 0 Å². The third kappa shape index (κ3) is 4.94. The minimum Gasteiger partial charge on any atom is -0.335 e. The molecule has 2 aromatic rings. The van der Waals surface area contributed by atoms with Crippen molar-refractivity contribution in [1.82, 2.24) is 10.2 Å². The monoisotopic (exact) mass is 424 g/mol. The van der Waals surface area contributed by atoms with E-state index in [1.54, 1.807) is 11.3 Å². The Morgan fingerprint density at radius 1 is 1.30 bits per heavy atom. The maximum absolute atomic E-state index is 13.1. The molecule has 2 aliphatic rings. The second-order valence-corrected chi connectivity index (χ2v) is 10.0. The molecule has 148 valence electrons. The van der Waals surface area contributed by atoms with Crippen molar-refractivity contribution in [2.24, 2.45) is 5.41 Å². The van der Waals surface area contributed by atoms with Crippen LogP contribution in [0.2, 0.25) is 0 Å². The van der Waals surface area contributed by atoms with Gasteiger partial charge in [0.1, 0.15) is 0 Å². The fraction of sp³-hybridized carbons (Fsp3) is 0.571. The molecule has 1 saturated heterocycles. The predicted molar refractivity (Wildman–Crippen MR) is 117 cm³/mol. The van der Waals surface area contributed by atoms with E-state index in [1.807, 2.05) is 11.3 Å². The highest BCUT2D eigenvalue weighted by Crippen LogP contribution is 2.56. The highest BCUT2D eigenvalue weighted by molar-refractivity contribution is 7.11. The lowest BCUT2D eigenvalue weighted by Crippen LogP contribution is -2.39. The first-order chi connectivity index (χ1) is 12.7. The number of carbonyl (C=O) groups excluding carboxylic acids is 1. The third-order valence-corrected chi connectivity index (χ3v) is 7.78. The number of amides is 1. The average molecular weight is 425 g/mol. The van der Waals surface area contributed by atoms with E-state index in [0.717, 1.165) is 32.5 Å². The maximum Gasteiger partial charge on any atom is 0.223 e. The first-order valence-electron chi connectivity index (χ1n) is 9.73. The number of nitrogens with one attached hydrogen (secondary N) is 1. The Balaban J connectivity index is 0.00000210. The van der Waals surface area contributed by atoms with E-state index in [-0.39, 0.29) is 12.4 Å². The number of aryl methyl sites for hydroxylation is 2. The zero-order valence-electron chi connectivity index (χ0n) is 15.9. The number of rotatable bonds is 7. The van der Waals surface area contributed by atoms with Crippen LogP contribution in [-0.4, -0.2) is 29.9 Å². The Bertz CT molecular complexity index is 737. The molecule has 1 aliphatic carbocycles. The molecule has 0 bridgehead atoms. The van der Waals surface area contributed by atoms with E-state index in [1.165, 1.54) is 34.6 Å². The number of hydrogen-bond donors (Lipinski definition) is 1. The largest absolute Gasteiger partial charge is 0.335 e. The van der Waals surface area contributed by atoms with Crippen LogP contribution in [0.15, 0.2) is 29.0 Å². The molecule has 27 heavy (non-hydrogen) atoms. The number of carbonyl (C=O) groups is 1. The molecule has 3 heterocycles. The fourth-order valence-corrected chi connectivity index (χ4v) is 5.95. The molecular weight excluding hydrogens is 396 g/mol. The Hall–Kier alpha value is -0.880. The summed E-state index contributed by atoms with van der Waals surface area (Å²) in [5, 5.41) is 7.77. The Kier molecular flexibility index (Phi) is 7.01. The number of thiophene rings is 2. The minimum absolute atomic E-state index is 0. The lowest BCUT2D eigenvalue weighted by molar-refractivity contribution is -0.133. The molecular formula is C21H29ClN2OS2. The van der Waals surface area contributed by atoms with Gasteiger partial charge >= 0.3 is 0 Å². The van der Waals surface area contributed by atoms with Crippen molar-refractivity contribution in [3.63, 3.8) is 0 Å². The van der Waals surface area contributed by atoms with Crippen LogP contribution in [0.3, 0.4) is 0 Å². The van der Waals surface area contributed by atoms with E-state index >= 15 is 0 Å². The topological polar surface area (TPSA) is 32.3 Å². The Morgan fingerprint density at radius 3 is 2.78 bits per heavy atom. The highest BCUT2D eigenvalue weighted by atomic mass is 35.5. The van der Waals surface area contributed by atoms with Gasteiger partial charge in [0.05, 0.1) is 0 Å². The molecule has 6 heteroatoms. The summed E-state index contributed by atoms with van der Waals surface area (Å²) >= 11 is 3.58. The summed E-state index contributed by atoms with van der Waals surface area (Å²) < 4.78 is 0. The summed E-state index contributed by atoms with van der Waals surface area (Å²) in [6.45, 7) is 5.15. The quantitative estimate of drug-likeness (QED) is 0.675. The lowest BCUT2D eigenvalue weighted by atomic mass is 9.93. The van der Waals surface area contributed by atoms with Gasteiger partial charge in [0.15, 0.2) is 0 Å². The number of halogens is 1. The molecule has 1 unspecified atom stereocenters. The van der Waals surface area contributed by atoms with Gasteiger partial charge in [-0.1, -0.05) is 0 Å². The maximum atomic E-state index is 13.1. The molecule has 1 amide bonds. The van der Waals surface area contributed by atoms with Gasteiger partial charge in [0.25, 0.3) is 0 Å². The molecule has 2 aromatic heterocycles. The fourth-order valence-electron chi connectivity index (χ4n) is 4.36. The van der Waals surface area contributed by atoms with Gasteiger partial charge in [0, 0.05) is 28.8 Å². The van der Waals surface area contributed by atoms with Crippen LogP contribution in [0.25, 0.3) is 0 Å². The number of hydrogen-bond acceptors (Lipinski definition) is 4. The van der Waals surface area contributed by atoms with Crippen LogP contribution in [-0.2, 0) is 17.8 Å². The van der Waals surface area contributed by atoms with Crippen molar-refractivity contribution in [2.45, 2.75) is 58.0 Å².